The van der Waals surface area contributed by atoms with E-state index in [1.807, 2.05) is 11.4 Å². The molecule has 0 aliphatic rings. The van der Waals surface area contributed by atoms with Gasteiger partial charge in [0.25, 0.3) is 0 Å². The minimum Gasteiger partial charge on any atom is -0.301 e. The van der Waals surface area contributed by atoms with Crippen LogP contribution in [0.3, 0.4) is 0 Å². The van der Waals surface area contributed by atoms with Gasteiger partial charge in [-0.05, 0) is 37.1 Å². The number of thiazole rings is 1. The number of hydrogen-bond acceptors (Lipinski definition) is 7. The number of aryl methyl sites for hydroxylation is 2. The molecule has 0 saturated carbocycles. The van der Waals surface area contributed by atoms with E-state index in [1.54, 1.807) is 17.1 Å². The highest BCUT2D eigenvalue weighted by Crippen LogP contribution is 2.26. The quantitative estimate of drug-likeness (QED) is 0.410. The monoisotopic (exact) mass is 396 g/mol. The topological polar surface area (TPSA) is 85.6 Å². The van der Waals surface area contributed by atoms with Crippen LogP contribution in [0.1, 0.15) is 11.1 Å². The van der Waals surface area contributed by atoms with Crippen molar-refractivity contribution in [2.75, 3.05) is 11.1 Å². The molecule has 0 bridgehead atoms. The number of benzene rings is 1. The maximum atomic E-state index is 12.1. The van der Waals surface area contributed by atoms with E-state index in [9.17, 15) is 4.79 Å². The number of thioether (sulfide) groups is 1. The Hall–Kier alpha value is -2.78. The lowest BCUT2D eigenvalue weighted by atomic mass is 10.1. The summed E-state index contributed by atoms with van der Waals surface area (Å²) in [5, 5.41) is 11.2. The Labute approximate surface area is 163 Å². The van der Waals surface area contributed by atoms with Crippen LogP contribution < -0.4 is 5.32 Å². The Balaban J connectivity index is 1.57. The highest BCUT2D eigenvalue weighted by molar-refractivity contribution is 8.00. The molecule has 0 aliphatic heterocycles. The fourth-order valence-electron chi connectivity index (χ4n) is 2.56. The van der Waals surface area contributed by atoms with E-state index in [-0.39, 0.29) is 11.7 Å². The van der Waals surface area contributed by atoms with Crippen LogP contribution in [0.4, 0.5) is 5.13 Å². The number of nitrogens with one attached hydrogen (secondary N) is 1. The zero-order valence-electron chi connectivity index (χ0n) is 14.7. The number of carbonyl (C=O) groups is 1. The summed E-state index contributed by atoms with van der Waals surface area (Å²) in [6.07, 6.45) is 4.90. The largest absolute Gasteiger partial charge is 0.301 e. The molecule has 0 saturated heterocycles. The first-order chi connectivity index (χ1) is 13.1. The number of hydrogen-bond donors (Lipinski definition) is 1. The van der Waals surface area contributed by atoms with Crippen molar-refractivity contribution < 1.29 is 4.79 Å². The summed E-state index contributed by atoms with van der Waals surface area (Å²) in [5.74, 6) is 0.115. The molecule has 4 rings (SSSR count). The molecule has 1 N–H and O–H groups in total. The molecule has 9 heteroatoms. The Kier molecular flexibility index (Phi) is 4.87. The predicted molar refractivity (Wildman–Crippen MR) is 108 cm³/mol. The third-order valence-electron chi connectivity index (χ3n) is 4.08. The molecule has 0 aliphatic carbocycles. The molecule has 0 spiro atoms. The second-order valence-electron chi connectivity index (χ2n) is 5.92. The van der Waals surface area contributed by atoms with Crippen LogP contribution >= 0.6 is 23.1 Å². The van der Waals surface area contributed by atoms with Crippen molar-refractivity contribution in [3.05, 3.63) is 53.4 Å². The molecule has 136 valence electrons. The molecule has 1 aromatic carbocycles. The highest BCUT2D eigenvalue weighted by atomic mass is 32.2. The number of carbonyl (C=O) groups excluding carboxylic acids is 1. The van der Waals surface area contributed by atoms with Crippen molar-refractivity contribution in [2.24, 2.45) is 0 Å². The fraction of sp³-hybridized carbons (Fsp3) is 0.167. The minimum atomic E-state index is -0.122. The lowest BCUT2D eigenvalue weighted by molar-refractivity contribution is -0.113. The maximum Gasteiger partial charge on any atom is 0.236 e. The molecule has 0 radical (unpaired) electrons. The predicted octanol–water partition coefficient (Wildman–Crippen LogP) is 3.62. The molecule has 0 atom stereocenters. The van der Waals surface area contributed by atoms with E-state index in [2.05, 4.69) is 51.3 Å². The van der Waals surface area contributed by atoms with Crippen LogP contribution in [0.5, 0.6) is 0 Å². The van der Waals surface area contributed by atoms with Crippen molar-refractivity contribution in [2.45, 2.75) is 18.9 Å². The van der Waals surface area contributed by atoms with Gasteiger partial charge < -0.3 is 5.32 Å². The van der Waals surface area contributed by atoms with Crippen LogP contribution in [0.25, 0.3) is 16.7 Å². The van der Waals surface area contributed by atoms with Crippen LogP contribution in [0, 0.1) is 13.8 Å². The zero-order valence-corrected chi connectivity index (χ0v) is 16.3. The first-order valence-electron chi connectivity index (χ1n) is 8.20. The zero-order chi connectivity index (χ0) is 18.8. The molecule has 4 aromatic rings. The first kappa shape index (κ1) is 17.6. The van der Waals surface area contributed by atoms with Gasteiger partial charge in [-0.15, -0.1) is 11.3 Å². The summed E-state index contributed by atoms with van der Waals surface area (Å²) in [7, 11) is 0. The van der Waals surface area contributed by atoms with Gasteiger partial charge in [0, 0.05) is 11.6 Å². The van der Waals surface area contributed by atoms with Gasteiger partial charge in [-0.1, -0.05) is 17.8 Å². The van der Waals surface area contributed by atoms with Crippen LogP contribution in [-0.4, -0.2) is 36.4 Å². The van der Waals surface area contributed by atoms with Gasteiger partial charge in [-0.2, -0.15) is 5.10 Å². The van der Waals surface area contributed by atoms with E-state index in [0.717, 1.165) is 21.7 Å². The Morgan fingerprint density at radius 2 is 2.11 bits per heavy atom. The molecular formula is C18H16N6OS2. The summed E-state index contributed by atoms with van der Waals surface area (Å²) in [5.41, 5.74) is 4.09. The molecule has 27 heavy (non-hydrogen) atoms. The summed E-state index contributed by atoms with van der Waals surface area (Å²) in [4.78, 5) is 24.8. The summed E-state index contributed by atoms with van der Waals surface area (Å²) < 4.78 is 1.79. The van der Waals surface area contributed by atoms with E-state index < -0.39 is 0 Å². The SMILES string of the molecule is Cc1ccc(-n2ncc3c(SCC(=O)Nc4nccs4)ncnc32)cc1C. The molecule has 3 heterocycles. The van der Waals surface area contributed by atoms with Crippen molar-refractivity contribution in [3.63, 3.8) is 0 Å². The third-order valence-corrected chi connectivity index (χ3v) is 5.78. The maximum absolute atomic E-state index is 12.1. The Morgan fingerprint density at radius 3 is 2.89 bits per heavy atom. The smallest absolute Gasteiger partial charge is 0.236 e. The number of fused-ring (bicyclic) bond motifs is 1. The lowest BCUT2D eigenvalue weighted by Crippen LogP contribution is -2.13. The van der Waals surface area contributed by atoms with E-state index >= 15 is 0 Å². The van der Waals surface area contributed by atoms with Crippen LogP contribution in [-0.2, 0) is 4.79 Å². The number of aromatic nitrogens is 5. The number of anilines is 1. The molecule has 0 unspecified atom stereocenters. The van der Waals surface area contributed by atoms with E-state index in [4.69, 9.17) is 0 Å². The van der Waals surface area contributed by atoms with Gasteiger partial charge in [0.15, 0.2) is 10.8 Å². The second kappa shape index (κ2) is 7.45. The minimum absolute atomic E-state index is 0.122. The van der Waals surface area contributed by atoms with Gasteiger partial charge in [-0.3, -0.25) is 4.79 Å². The Morgan fingerprint density at radius 1 is 1.22 bits per heavy atom. The summed E-state index contributed by atoms with van der Waals surface area (Å²) >= 11 is 2.74. The molecular weight excluding hydrogens is 380 g/mol. The lowest BCUT2D eigenvalue weighted by Gasteiger charge is -2.07. The average Bonchev–Trinajstić information content (AvgIpc) is 3.32. The van der Waals surface area contributed by atoms with Crippen LogP contribution in [0.15, 0.2) is 47.3 Å². The molecule has 1 amide bonds. The van der Waals surface area contributed by atoms with Gasteiger partial charge in [0.2, 0.25) is 5.91 Å². The van der Waals surface area contributed by atoms with Gasteiger partial charge in [-0.25, -0.2) is 19.6 Å². The van der Waals surface area contributed by atoms with Crippen molar-refractivity contribution in [1.82, 2.24) is 24.7 Å². The fourth-order valence-corrected chi connectivity index (χ4v) is 3.86. The first-order valence-corrected chi connectivity index (χ1v) is 10.1. The number of rotatable bonds is 5. The van der Waals surface area contributed by atoms with Crippen LogP contribution in [0.2, 0.25) is 0 Å². The highest BCUT2D eigenvalue weighted by Gasteiger charge is 2.13. The van der Waals surface area contributed by atoms with Gasteiger partial charge in [0.05, 0.1) is 23.0 Å². The van der Waals surface area contributed by atoms with E-state index in [1.165, 1.54) is 40.6 Å². The Bertz CT molecular complexity index is 1110. The average molecular weight is 397 g/mol. The van der Waals surface area contributed by atoms with Crippen molar-refractivity contribution in [3.8, 4) is 5.69 Å². The molecule has 7 nitrogen and oxygen atoms in total. The second-order valence-corrected chi connectivity index (χ2v) is 7.77. The van der Waals surface area contributed by atoms with Gasteiger partial charge >= 0.3 is 0 Å². The number of amides is 1. The molecule has 0 fully saturated rings. The molecule has 3 aromatic heterocycles. The summed E-state index contributed by atoms with van der Waals surface area (Å²) in [6, 6.07) is 6.17. The summed E-state index contributed by atoms with van der Waals surface area (Å²) in [6.45, 7) is 4.15. The van der Waals surface area contributed by atoms with Crippen molar-refractivity contribution in [1.29, 1.82) is 0 Å². The normalized spacial score (nSPS) is 11.0. The standard InChI is InChI=1S/C18H16N6OS2/c1-11-3-4-13(7-12(11)2)24-16-14(8-22-24)17(21-10-20-16)27-9-15(25)23-18-19-5-6-26-18/h3-8,10H,9H2,1-2H3,(H,19,23,25). The van der Waals surface area contributed by atoms with Crippen molar-refractivity contribution >= 4 is 45.2 Å². The van der Waals surface area contributed by atoms with E-state index in [0.29, 0.717) is 5.13 Å². The van der Waals surface area contributed by atoms with Gasteiger partial charge in [0.1, 0.15) is 11.4 Å². The third kappa shape index (κ3) is 3.69. The number of nitrogens with zero attached hydrogens (tertiary/aromatic N) is 5.